The Kier molecular flexibility index (Phi) is 2.35. The van der Waals surface area contributed by atoms with E-state index in [4.69, 9.17) is 5.73 Å². The van der Waals surface area contributed by atoms with Crippen molar-refractivity contribution < 1.29 is 9.59 Å². The maximum Gasteiger partial charge on any atom is 0.269 e. The van der Waals surface area contributed by atoms with Gasteiger partial charge in [-0.15, -0.1) is 0 Å². The van der Waals surface area contributed by atoms with Crippen LogP contribution in [0.25, 0.3) is 0 Å². The standard InChI is InChI=1S/C14H11N3O2/c1-8-5-6-11(16-7-8)17-13(18)9-3-2-4-10(15)12(9)14(17)19/h2-7H,15H2,1H3. The van der Waals surface area contributed by atoms with Crippen LogP contribution in [0.15, 0.2) is 36.5 Å². The average molecular weight is 253 g/mol. The lowest BCUT2D eigenvalue weighted by molar-refractivity contribution is 0.0925. The molecule has 0 saturated carbocycles. The molecule has 0 atom stereocenters. The van der Waals surface area contributed by atoms with E-state index < -0.39 is 5.91 Å². The zero-order chi connectivity index (χ0) is 13.6. The van der Waals surface area contributed by atoms with Gasteiger partial charge in [-0.05, 0) is 30.7 Å². The summed E-state index contributed by atoms with van der Waals surface area (Å²) in [6.07, 6.45) is 1.61. The highest BCUT2D eigenvalue weighted by Gasteiger charge is 2.38. The third-order valence-electron chi connectivity index (χ3n) is 3.07. The van der Waals surface area contributed by atoms with E-state index in [9.17, 15) is 9.59 Å². The number of amides is 2. The third kappa shape index (κ3) is 1.59. The number of nitrogens with two attached hydrogens (primary N) is 1. The lowest BCUT2D eigenvalue weighted by atomic mass is 10.1. The Morgan fingerprint density at radius 2 is 1.89 bits per heavy atom. The van der Waals surface area contributed by atoms with Crippen LogP contribution >= 0.6 is 0 Å². The first-order valence-corrected chi connectivity index (χ1v) is 5.79. The number of nitrogen functional groups attached to an aromatic ring is 1. The quantitative estimate of drug-likeness (QED) is 0.620. The monoisotopic (exact) mass is 253 g/mol. The van der Waals surface area contributed by atoms with Gasteiger partial charge in [0, 0.05) is 11.9 Å². The summed E-state index contributed by atoms with van der Waals surface area (Å²) in [6.45, 7) is 1.89. The third-order valence-corrected chi connectivity index (χ3v) is 3.07. The van der Waals surface area contributed by atoms with Crippen molar-refractivity contribution in [1.29, 1.82) is 0 Å². The molecular weight excluding hydrogens is 242 g/mol. The predicted octanol–water partition coefficient (Wildman–Crippen LogP) is 1.77. The molecule has 2 aromatic rings. The first-order valence-electron chi connectivity index (χ1n) is 5.79. The van der Waals surface area contributed by atoms with Crippen molar-refractivity contribution >= 4 is 23.3 Å². The number of benzene rings is 1. The predicted molar refractivity (Wildman–Crippen MR) is 71.0 cm³/mol. The first kappa shape index (κ1) is 11.4. The summed E-state index contributed by atoms with van der Waals surface area (Å²) in [5, 5.41) is 0. The number of hydrogen-bond acceptors (Lipinski definition) is 4. The van der Waals surface area contributed by atoms with Gasteiger partial charge in [0.05, 0.1) is 11.1 Å². The Bertz CT molecular complexity index is 692. The molecule has 2 N–H and O–H groups in total. The highest BCUT2D eigenvalue weighted by Crippen LogP contribution is 2.30. The molecule has 2 heterocycles. The number of pyridine rings is 1. The summed E-state index contributed by atoms with van der Waals surface area (Å²) in [5.74, 6) is -0.491. The molecule has 0 fully saturated rings. The lowest BCUT2D eigenvalue weighted by Crippen LogP contribution is -2.30. The number of rotatable bonds is 1. The second-order valence-corrected chi connectivity index (χ2v) is 4.41. The summed E-state index contributed by atoms with van der Waals surface area (Å²) in [5.41, 5.74) is 7.62. The number of nitrogens with zero attached hydrogens (tertiary/aromatic N) is 2. The number of hydrogen-bond donors (Lipinski definition) is 1. The van der Waals surface area contributed by atoms with Crippen LogP contribution in [-0.4, -0.2) is 16.8 Å². The van der Waals surface area contributed by atoms with Crippen molar-refractivity contribution in [2.75, 3.05) is 10.6 Å². The number of carbonyl (C=O) groups is 2. The van der Waals surface area contributed by atoms with Crippen LogP contribution in [0.4, 0.5) is 11.5 Å². The van der Waals surface area contributed by atoms with E-state index in [1.54, 1.807) is 36.5 Å². The number of carbonyl (C=O) groups excluding carboxylic acids is 2. The molecule has 94 valence electrons. The van der Waals surface area contributed by atoms with E-state index >= 15 is 0 Å². The van der Waals surface area contributed by atoms with Gasteiger partial charge in [-0.3, -0.25) is 9.59 Å². The van der Waals surface area contributed by atoms with Gasteiger partial charge in [-0.2, -0.15) is 0 Å². The molecule has 5 heteroatoms. The molecule has 1 aliphatic rings. The number of imide groups is 1. The summed E-state index contributed by atoms with van der Waals surface area (Å²) < 4.78 is 0. The topological polar surface area (TPSA) is 76.3 Å². The molecule has 0 saturated heterocycles. The number of fused-ring (bicyclic) bond motifs is 1. The van der Waals surface area contributed by atoms with E-state index in [1.807, 2.05) is 6.92 Å². The molecule has 1 aromatic heterocycles. The first-order chi connectivity index (χ1) is 9.09. The summed E-state index contributed by atoms with van der Waals surface area (Å²) in [6, 6.07) is 8.31. The second-order valence-electron chi connectivity index (χ2n) is 4.41. The smallest absolute Gasteiger partial charge is 0.269 e. The zero-order valence-corrected chi connectivity index (χ0v) is 10.3. The largest absolute Gasteiger partial charge is 0.398 e. The minimum Gasteiger partial charge on any atom is -0.398 e. The fraction of sp³-hybridized carbons (Fsp3) is 0.0714. The maximum atomic E-state index is 12.3. The van der Waals surface area contributed by atoms with Gasteiger partial charge in [0.2, 0.25) is 0 Å². The van der Waals surface area contributed by atoms with Crippen LogP contribution in [0.2, 0.25) is 0 Å². The van der Waals surface area contributed by atoms with Gasteiger partial charge < -0.3 is 5.73 Å². The minimum absolute atomic E-state index is 0.259. The minimum atomic E-state index is -0.422. The molecule has 5 nitrogen and oxygen atoms in total. The van der Waals surface area contributed by atoms with Gasteiger partial charge in [0.1, 0.15) is 5.82 Å². The number of aromatic nitrogens is 1. The average Bonchev–Trinajstić information content (AvgIpc) is 2.65. The maximum absolute atomic E-state index is 12.3. The van der Waals surface area contributed by atoms with Crippen LogP contribution in [-0.2, 0) is 0 Å². The van der Waals surface area contributed by atoms with Crippen molar-refractivity contribution in [3.8, 4) is 0 Å². The molecule has 0 radical (unpaired) electrons. The Morgan fingerprint density at radius 3 is 2.53 bits per heavy atom. The molecule has 1 aromatic carbocycles. The highest BCUT2D eigenvalue weighted by atomic mass is 16.2. The van der Waals surface area contributed by atoms with E-state index in [1.165, 1.54) is 0 Å². The lowest BCUT2D eigenvalue weighted by Gasteiger charge is -2.12. The molecule has 0 spiro atoms. The van der Waals surface area contributed by atoms with Crippen LogP contribution in [0.5, 0.6) is 0 Å². The molecule has 19 heavy (non-hydrogen) atoms. The molecule has 0 unspecified atom stereocenters. The molecule has 1 aliphatic heterocycles. The number of aryl methyl sites for hydroxylation is 1. The van der Waals surface area contributed by atoms with Crippen LogP contribution in [0, 0.1) is 6.92 Å². The molecule has 3 rings (SSSR count). The molecule has 0 bridgehead atoms. The summed E-state index contributed by atoms with van der Waals surface area (Å²) >= 11 is 0. The Morgan fingerprint density at radius 1 is 1.11 bits per heavy atom. The van der Waals surface area contributed by atoms with Crippen molar-refractivity contribution in [1.82, 2.24) is 4.98 Å². The fourth-order valence-electron chi connectivity index (χ4n) is 2.11. The zero-order valence-electron chi connectivity index (χ0n) is 10.3. The molecule has 2 amide bonds. The van der Waals surface area contributed by atoms with Crippen molar-refractivity contribution in [3.63, 3.8) is 0 Å². The van der Waals surface area contributed by atoms with E-state index in [0.29, 0.717) is 17.1 Å². The number of anilines is 2. The Balaban J connectivity index is 2.13. The fourth-order valence-corrected chi connectivity index (χ4v) is 2.11. The van der Waals surface area contributed by atoms with Gasteiger partial charge in [-0.1, -0.05) is 12.1 Å². The summed E-state index contributed by atoms with van der Waals surface area (Å²) in [7, 11) is 0. The van der Waals surface area contributed by atoms with Crippen LogP contribution < -0.4 is 10.6 Å². The normalized spacial score (nSPS) is 13.8. The highest BCUT2D eigenvalue weighted by molar-refractivity contribution is 6.35. The molecule has 0 aliphatic carbocycles. The Hall–Kier alpha value is -2.69. The van der Waals surface area contributed by atoms with Crippen molar-refractivity contribution in [2.24, 2.45) is 0 Å². The van der Waals surface area contributed by atoms with Gasteiger partial charge in [-0.25, -0.2) is 9.88 Å². The van der Waals surface area contributed by atoms with Gasteiger partial charge in [0.15, 0.2) is 0 Å². The van der Waals surface area contributed by atoms with Crippen molar-refractivity contribution in [3.05, 3.63) is 53.2 Å². The SMILES string of the molecule is Cc1ccc(N2C(=O)c3cccc(N)c3C2=O)nc1. The van der Waals surface area contributed by atoms with E-state index in [-0.39, 0.29) is 11.5 Å². The van der Waals surface area contributed by atoms with E-state index in [0.717, 1.165) is 10.5 Å². The van der Waals surface area contributed by atoms with Gasteiger partial charge in [0.25, 0.3) is 11.8 Å². The van der Waals surface area contributed by atoms with Crippen LogP contribution in [0.1, 0.15) is 26.3 Å². The van der Waals surface area contributed by atoms with Gasteiger partial charge >= 0.3 is 0 Å². The Labute approximate surface area is 109 Å². The summed E-state index contributed by atoms with van der Waals surface area (Å²) in [4.78, 5) is 29.7. The van der Waals surface area contributed by atoms with Crippen LogP contribution in [0.3, 0.4) is 0 Å². The second kappa shape index (κ2) is 3.91. The van der Waals surface area contributed by atoms with Crippen molar-refractivity contribution in [2.45, 2.75) is 6.92 Å². The molecular formula is C14H11N3O2. The van der Waals surface area contributed by atoms with E-state index in [2.05, 4.69) is 4.98 Å².